The first-order valence-corrected chi connectivity index (χ1v) is 22.9. The summed E-state index contributed by atoms with van der Waals surface area (Å²) in [7, 11) is 0. The van der Waals surface area contributed by atoms with Gasteiger partial charge in [0.15, 0.2) is 0 Å². The molecule has 0 bridgehead atoms. The van der Waals surface area contributed by atoms with Crippen LogP contribution in [0.3, 0.4) is 0 Å². The summed E-state index contributed by atoms with van der Waals surface area (Å²) in [5, 5.41) is 2.81. The van der Waals surface area contributed by atoms with Crippen LogP contribution in [0.5, 0.6) is 0 Å². The van der Waals surface area contributed by atoms with Crippen molar-refractivity contribution in [1.82, 2.24) is 5.32 Å². The lowest BCUT2D eigenvalue weighted by Gasteiger charge is -2.14. The van der Waals surface area contributed by atoms with Crippen LogP contribution in [-0.2, 0) is 42.7 Å². The number of unbranched alkanes of at least 4 members (excludes halogenated alkanes) is 14. The van der Waals surface area contributed by atoms with Crippen LogP contribution in [0, 0.1) is 0 Å². The highest BCUT2D eigenvalue weighted by Gasteiger charge is 2.29. The van der Waals surface area contributed by atoms with Gasteiger partial charge < -0.3 is 43.2 Å². The number of benzene rings is 2. The van der Waals surface area contributed by atoms with E-state index < -0.39 is 6.09 Å². The van der Waals surface area contributed by atoms with E-state index in [-0.39, 0.29) is 18.5 Å². The van der Waals surface area contributed by atoms with Crippen molar-refractivity contribution in [2.75, 3.05) is 99.0 Å². The van der Waals surface area contributed by atoms with Gasteiger partial charge in [0.25, 0.3) is 0 Å². The Balaban J connectivity index is 0.944. The van der Waals surface area contributed by atoms with Gasteiger partial charge in [0.1, 0.15) is 13.2 Å². The summed E-state index contributed by atoms with van der Waals surface area (Å²) < 4.78 is 44.0. The number of amides is 1. The minimum Gasteiger partial charge on any atom is -0.463 e. The van der Waals surface area contributed by atoms with Crippen LogP contribution in [0.2, 0.25) is 0 Å². The fourth-order valence-corrected chi connectivity index (χ4v) is 7.14. The zero-order valence-electron chi connectivity index (χ0n) is 36.4. The van der Waals surface area contributed by atoms with Gasteiger partial charge in [-0.15, -0.1) is 0 Å². The Bertz CT molecular complexity index is 1280. The van der Waals surface area contributed by atoms with Crippen molar-refractivity contribution < 1.29 is 47.5 Å². The molecule has 0 aromatic heterocycles. The molecule has 334 valence electrons. The second kappa shape index (κ2) is 35.7. The van der Waals surface area contributed by atoms with Crippen LogP contribution in [-0.4, -0.2) is 111 Å². The van der Waals surface area contributed by atoms with E-state index in [0.29, 0.717) is 105 Å². The van der Waals surface area contributed by atoms with Gasteiger partial charge in [-0.25, -0.2) is 4.79 Å². The smallest absolute Gasteiger partial charge is 0.407 e. The summed E-state index contributed by atoms with van der Waals surface area (Å²) in [5.41, 5.74) is 4.81. The summed E-state index contributed by atoms with van der Waals surface area (Å²) >= 11 is 0. The first kappa shape index (κ1) is 50.3. The largest absolute Gasteiger partial charge is 0.463 e. The fraction of sp³-hybridized carbons (Fsp3) is 0.708. The molecule has 1 amide bonds. The molecular formula is C48H77NO10. The zero-order valence-corrected chi connectivity index (χ0v) is 36.4. The van der Waals surface area contributed by atoms with E-state index in [1.807, 2.05) is 24.3 Å². The molecular weight excluding hydrogens is 751 g/mol. The second-order valence-electron chi connectivity index (χ2n) is 15.2. The molecule has 59 heavy (non-hydrogen) atoms. The minimum absolute atomic E-state index is 0.0497. The second-order valence-corrected chi connectivity index (χ2v) is 15.2. The first-order valence-electron chi connectivity index (χ1n) is 22.9. The molecule has 2 aromatic rings. The number of hydrogen-bond donors (Lipinski definition) is 1. The normalized spacial score (nSPS) is 12.1. The summed E-state index contributed by atoms with van der Waals surface area (Å²) in [5.74, 6) is -0.0837. The standard InChI is InChI=1S/C48H77NO10/c1-2-3-4-5-6-7-8-9-10-11-12-13-14-15-16-26-47(50)58-40-39-57-38-37-56-36-35-55-34-33-54-32-31-53-30-29-52-28-21-27-49-48(51)59-41-46-44-24-19-17-22-42(44)43-23-18-20-25-45(43)46/h17-20,22-25,46H,2-16,21,26-41H2,1H3,(H,49,51). The molecule has 11 nitrogen and oxygen atoms in total. The topological polar surface area (TPSA) is 120 Å². The number of rotatable bonds is 40. The van der Waals surface area contributed by atoms with E-state index in [1.165, 1.54) is 106 Å². The van der Waals surface area contributed by atoms with E-state index in [9.17, 15) is 9.59 Å². The summed E-state index contributed by atoms with van der Waals surface area (Å²) in [6, 6.07) is 16.6. The van der Waals surface area contributed by atoms with Crippen molar-refractivity contribution in [3.63, 3.8) is 0 Å². The molecule has 2 aromatic carbocycles. The SMILES string of the molecule is CCCCCCCCCCCCCCCCCC(=O)OCCOCCOCCOCCOCCOCCOCCCNC(=O)OCC1c2ccccc2-c2ccccc21. The van der Waals surface area contributed by atoms with Crippen LogP contribution >= 0.6 is 0 Å². The van der Waals surface area contributed by atoms with E-state index in [0.717, 1.165) is 12.8 Å². The predicted molar refractivity (Wildman–Crippen MR) is 233 cm³/mol. The average molecular weight is 828 g/mol. The summed E-state index contributed by atoms with van der Waals surface area (Å²) in [4.78, 5) is 24.2. The van der Waals surface area contributed by atoms with Crippen molar-refractivity contribution >= 4 is 12.1 Å². The number of esters is 1. The Hall–Kier alpha value is -3.06. The molecule has 0 fully saturated rings. The van der Waals surface area contributed by atoms with Crippen molar-refractivity contribution in [1.29, 1.82) is 0 Å². The van der Waals surface area contributed by atoms with E-state index in [1.54, 1.807) is 0 Å². The van der Waals surface area contributed by atoms with Crippen LogP contribution in [0.25, 0.3) is 11.1 Å². The van der Waals surface area contributed by atoms with Gasteiger partial charge in [-0.05, 0) is 35.1 Å². The fourth-order valence-electron chi connectivity index (χ4n) is 7.14. The highest BCUT2D eigenvalue weighted by molar-refractivity contribution is 5.79. The molecule has 3 rings (SSSR count). The highest BCUT2D eigenvalue weighted by Crippen LogP contribution is 2.44. The molecule has 0 saturated heterocycles. The monoisotopic (exact) mass is 828 g/mol. The Morgan fingerprint density at radius 2 is 0.847 bits per heavy atom. The van der Waals surface area contributed by atoms with Crippen LogP contribution in [0.1, 0.15) is 133 Å². The van der Waals surface area contributed by atoms with Gasteiger partial charge >= 0.3 is 12.1 Å². The number of fused-ring (bicyclic) bond motifs is 3. The van der Waals surface area contributed by atoms with E-state index in [4.69, 9.17) is 37.9 Å². The molecule has 0 spiro atoms. The maximum absolute atomic E-state index is 12.3. The maximum atomic E-state index is 12.3. The number of nitrogens with one attached hydrogen (secondary N) is 1. The molecule has 11 heteroatoms. The van der Waals surface area contributed by atoms with Gasteiger partial charge in [-0.3, -0.25) is 4.79 Å². The molecule has 0 saturated carbocycles. The molecule has 0 atom stereocenters. The van der Waals surface area contributed by atoms with Crippen molar-refractivity contribution in [2.45, 2.75) is 122 Å². The molecule has 0 radical (unpaired) electrons. The lowest BCUT2D eigenvalue weighted by Crippen LogP contribution is -2.27. The van der Waals surface area contributed by atoms with Crippen LogP contribution < -0.4 is 5.32 Å². The molecule has 0 heterocycles. The number of carbonyl (C=O) groups excluding carboxylic acids is 2. The lowest BCUT2D eigenvalue weighted by atomic mass is 9.98. The van der Waals surface area contributed by atoms with Crippen molar-refractivity contribution in [2.24, 2.45) is 0 Å². The Morgan fingerprint density at radius 3 is 1.31 bits per heavy atom. The number of carbonyl (C=O) groups is 2. The van der Waals surface area contributed by atoms with Gasteiger partial charge in [0.2, 0.25) is 0 Å². The maximum Gasteiger partial charge on any atom is 0.407 e. The van der Waals surface area contributed by atoms with Gasteiger partial charge in [-0.2, -0.15) is 0 Å². The third kappa shape index (κ3) is 24.7. The third-order valence-electron chi connectivity index (χ3n) is 10.4. The number of alkyl carbamates (subject to hydrolysis) is 1. The Kier molecular flexibility index (Phi) is 30.4. The van der Waals surface area contributed by atoms with Crippen LogP contribution in [0.4, 0.5) is 4.79 Å². The molecule has 1 aliphatic rings. The molecule has 0 unspecified atom stereocenters. The Labute approximate surface area is 355 Å². The van der Waals surface area contributed by atoms with E-state index in [2.05, 4.69) is 36.5 Å². The zero-order chi connectivity index (χ0) is 41.7. The quantitative estimate of drug-likeness (QED) is 0.0514. The molecule has 1 N–H and O–H groups in total. The van der Waals surface area contributed by atoms with Gasteiger partial charge in [-0.1, -0.05) is 145 Å². The van der Waals surface area contributed by atoms with Gasteiger partial charge in [0, 0.05) is 25.5 Å². The highest BCUT2D eigenvalue weighted by atomic mass is 16.6. The summed E-state index contributed by atoms with van der Waals surface area (Å²) in [6.45, 7) is 9.00. The van der Waals surface area contributed by atoms with Crippen molar-refractivity contribution in [3.8, 4) is 11.1 Å². The first-order chi connectivity index (χ1) is 29.2. The Morgan fingerprint density at radius 1 is 0.458 bits per heavy atom. The predicted octanol–water partition coefficient (Wildman–Crippen LogP) is 9.82. The average Bonchev–Trinajstić information content (AvgIpc) is 3.57. The number of hydrogen-bond acceptors (Lipinski definition) is 10. The molecule has 0 aliphatic heterocycles. The number of ether oxygens (including phenoxy) is 8. The van der Waals surface area contributed by atoms with E-state index >= 15 is 0 Å². The third-order valence-corrected chi connectivity index (χ3v) is 10.4. The minimum atomic E-state index is -0.414. The van der Waals surface area contributed by atoms with Gasteiger partial charge in [0.05, 0.1) is 72.7 Å². The van der Waals surface area contributed by atoms with Crippen molar-refractivity contribution in [3.05, 3.63) is 59.7 Å². The lowest BCUT2D eigenvalue weighted by molar-refractivity contribution is -0.145. The van der Waals surface area contributed by atoms with Crippen LogP contribution in [0.15, 0.2) is 48.5 Å². The summed E-state index contributed by atoms with van der Waals surface area (Å²) in [6.07, 6.45) is 20.5. The molecule has 1 aliphatic carbocycles.